The largest absolute Gasteiger partial charge is 0.489 e. The van der Waals surface area contributed by atoms with Crippen LogP contribution in [0.5, 0.6) is 17.2 Å². The summed E-state index contributed by atoms with van der Waals surface area (Å²) in [5, 5.41) is 9.59. The van der Waals surface area contributed by atoms with Crippen molar-refractivity contribution in [3.63, 3.8) is 0 Å². The molecule has 0 saturated heterocycles. The van der Waals surface area contributed by atoms with Gasteiger partial charge in [-0.15, -0.1) is 0 Å². The van der Waals surface area contributed by atoms with E-state index in [0.29, 0.717) is 60.1 Å². The number of benzene rings is 2. The van der Waals surface area contributed by atoms with Gasteiger partial charge in [0.05, 0.1) is 12.3 Å². The average molecular weight is 496 g/mol. The number of carboxylic acids is 1. The Morgan fingerprint density at radius 3 is 2.67 bits per heavy atom. The van der Waals surface area contributed by atoms with Crippen molar-refractivity contribution in [2.45, 2.75) is 38.5 Å². The van der Waals surface area contributed by atoms with Gasteiger partial charge in [-0.25, -0.2) is 9.18 Å². The standard InChI is InChI=1S/C27H26FNO7/c1-27(2)13-17-23-19-11-20(30)18(26(31)32)14-29(19)25(15-5-7-16(28)8-6-15)35-21(23)12-22(24(17)36-27)34-10-4-9-33-3/h5-8,11-12,14,25H,4,9-10,13H2,1-3H3,(H,31,32). The number of carboxylic acid groups (broad SMARTS) is 1. The molecule has 188 valence electrons. The van der Waals surface area contributed by atoms with Gasteiger partial charge in [0.2, 0.25) is 6.23 Å². The van der Waals surface area contributed by atoms with Gasteiger partial charge in [-0.05, 0) is 26.0 Å². The van der Waals surface area contributed by atoms with Gasteiger partial charge in [0.15, 0.2) is 16.9 Å². The van der Waals surface area contributed by atoms with E-state index in [-0.39, 0.29) is 5.56 Å². The molecule has 0 spiro atoms. The Bertz CT molecular complexity index is 1390. The molecule has 36 heavy (non-hydrogen) atoms. The lowest BCUT2D eigenvalue weighted by atomic mass is 9.93. The maximum absolute atomic E-state index is 13.7. The quantitative estimate of drug-likeness (QED) is 0.485. The highest BCUT2D eigenvalue weighted by Crippen LogP contribution is 2.53. The number of halogens is 1. The fraction of sp³-hybridized carbons (Fsp3) is 0.333. The van der Waals surface area contributed by atoms with Crippen molar-refractivity contribution < 1.29 is 33.2 Å². The molecule has 0 fully saturated rings. The highest BCUT2D eigenvalue weighted by atomic mass is 19.1. The molecule has 1 atom stereocenters. The summed E-state index contributed by atoms with van der Waals surface area (Å²) in [6.07, 6.45) is 1.65. The predicted octanol–water partition coefficient (Wildman–Crippen LogP) is 4.42. The maximum Gasteiger partial charge on any atom is 0.341 e. The lowest BCUT2D eigenvalue weighted by Gasteiger charge is -2.33. The van der Waals surface area contributed by atoms with Crippen LogP contribution >= 0.6 is 0 Å². The van der Waals surface area contributed by atoms with Crippen LogP contribution in [0.2, 0.25) is 0 Å². The number of carbonyl (C=O) groups is 1. The summed E-state index contributed by atoms with van der Waals surface area (Å²) < 4.78 is 39.1. The van der Waals surface area contributed by atoms with Crippen LogP contribution in [-0.2, 0) is 11.2 Å². The van der Waals surface area contributed by atoms with Crippen LogP contribution in [0, 0.1) is 5.82 Å². The van der Waals surface area contributed by atoms with Crippen molar-refractivity contribution >= 4 is 5.97 Å². The number of aromatic nitrogens is 1. The molecule has 1 unspecified atom stereocenters. The third kappa shape index (κ3) is 4.19. The van der Waals surface area contributed by atoms with Gasteiger partial charge < -0.3 is 28.6 Å². The highest BCUT2D eigenvalue weighted by molar-refractivity contribution is 5.88. The Labute approximate surface area is 206 Å². The maximum atomic E-state index is 13.7. The molecule has 2 aliphatic rings. The molecule has 0 radical (unpaired) electrons. The molecule has 0 aliphatic carbocycles. The van der Waals surface area contributed by atoms with E-state index in [0.717, 1.165) is 5.56 Å². The Morgan fingerprint density at radius 2 is 1.97 bits per heavy atom. The monoisotopic (exact) mass is 495 g/mol. The zero-order chi connectivity index (χ0) is 25.6. The smallest absolute Gasteiger partial charge is 0.341 e. The molecule has 9 heteroatoms. The number of fused-ring (bicyclic) bond motifs is 5. The van der Waals surface area contributed by atoms with Crippen LogP contribution in [0.15, 0.2) is 47.4 Å². The molecule has 2 aromatic carbocycles. The van der Waals surface area contributed by atoms with Gasteiger partial charge in [-0.3, -0.25) is 4.79 Å². The third-order valence-electron chi connectivity index (χ3n) is 6.25. The van der Waals surface area contributed by atoms with E-state index in [1.165, 1.54) is 24.4 Å². The molecular formula is C27H26FNO7. The molecule has 0 saturated carbocycles. The minimum atomic E-state index is -1.34. The number of aromatic carboxylic acids is 1. The lowest BCUT2D eigenvalue weighted by Crippen LogP contribution is -2.28. The first kappa shape index (κ1) is 23.9. The van der Waals surface area contributed by atoms with Gasteiger partial charge in [0, 0.05) is 61.6 Å². The molecule has 1 aromatic heterocycles. The fourth-order valence-corrected chi connectivity index (χ4v) is 4.69. The van der Waals surface area contributed by atoms with Gasteiger partial charge in [0.1, 0.15) is 22.7 Å². The lowest BCUT2D eigenvalue weighted by molar-refractivity contribution is 0.0693. The molecule has 0 amide bonds. The molecule has 0 bridgehead atoms. The van der Waals surface area contributed by atoms with Crippen molar-refractivity contribution in [2.24, 2.45) is 0 Å². The molecule has 1 N–H and O–H groups in total. The summed E-state index contributed by atoms with van der Waals surface area (Å²) >= 11 is 0. The summed E-state index contributed by atoms with van der Waals surface area (Å²) in [4.78, 5) is 24.5. The van der Waals surface area contributed by atoms with E-state index < -0.39 is 29.0 Å². The van der Waals surface area contributed by atoms with E-state index in [1.54, 1.807) is 29.9 Å². The van der Waals surface area contributed by atoms with Crippen LogP contribution in [-0.4, -0.2) is 41.6 Å². The zero-order valence-electron chi connectivity index (χ0n) is 20.2. The van der Waals surface area contributed by atoms with E-state index in [1.807, 2.05) is 13.8 Å². The predicted molar refractivity (Wildman–Crippen MR) is 129 cm³/mol. The minimum absolute atomic E-state index is 0.385. The topological polar surface area (TPSA) is 96.2 Å². The highest BCUT2D eigenvalue weighted by Gasteiger charge is 2.40. The molecule has 3 aromatic rings. The third-order valence-corrected chi connectivity index (χ3v) is 6.25. The summed E-state index contributed by atoms with van der Waals surface area (Å²) in [5.41, 5.74) is 1.00. The number of hydrogen-bond acceptors (Lipinski definition) is 6. The van der Waals surface area contributed by atoms with E-state index in [9.17, 15) is 19.1 Å². The fourth-order valence-electron chi connectivity index (χ4n) is 4.69. The van der Waals surface area contributed by atoms with Crippen LogP contribution in [0.4, 0.5) is 4.39 Å². The van der Waals surface area contributed by atoms with Gasteiger partial charge in [-0.1, -0.05) is 12.1 Å². The first-order chi connectivity index (χ1) is 17.2. The Balaban J connectivity index is 1.71. The SMILES string of the molecule is COCCCOc1cc2c(c3c1OC(C)(C)C3)-c1cc(=O)c(C(=O)O)cn1C(c1ccc(F)cc1)O2. The molecule has 5 rings (SSSR count). The van der Waals surface area contributed by atoms with Crippen molar-refractivity contribution in [1.29, 1.82) is 0 Å². The van der Waals surface area contributed by atoms with Gasteiger partial charge >= 0.3 is 5.97 Å². The average Bonchev–Trinajstić information content (AvgIpc) is 3.16. The van der Waals surface area contributed by atoms with Crippen LogP contribution < -0.4 is 19.6 Å². The molecule has 3 heterocycles. The number of hydrogen-bond donors (Lipinski definition) is 1. The molecule has 2 aliphatic heterocycles. The zero-order valence-corrected chi connectivity index (χ0v) is 20.2. The van der Waals surface area contributed by atoms with E-state index >= 15 is 0 Å². The number of rotatable bonds is 7. The van der Waals surface area contributed by atoms with Crippen molar-refractivity contribution in [3.8, 4) is 28.5 Å². The van der Waals surface area contributed by atoms with Crippen molar-refractivity contribution in [3.05, 3.63) is 75.3 Å². The van der Waals surface area contributed by atoms with Crippen LogP contribution in [0.3, 0.4) is 0 Å². The summed E-state index contributed by atoms with van der Waals surface area (Å²) in [6.45, 7) is 4.87. The molecule has 8 nitrogen and oxygen atoms in total. The first-order valence-corrected chi connectivity index (χ1v) is 11.6. The number of methoxy groups -OCH3 is 1. The normalized spacial score (nSPS) is 16.8. The van der Waals surface area contributed by atoms with Crippen molar-refractivity contribution in [1.82, 2.24) is 4.57 Å². The minimum Gasteiger partial charge on any atom is -0.489 e. The second kappa shape index (κ2) is 8.98. The Hall–Kier alpha value is -3.85. The van der Waals surface area contributed by atoms with E-state index in [2.05, 4.69) is 0 Å². The summed E-state index contributed by atoms with van der Waals surface area (Å²) in [7, 11) is 1.63. The Morgan fingerprint density at radius 1 is 1.22 bits per heavy atom. The number of nitrogens with zero attached hydrogens (tertiary/aromatic N) is 1. The second-order valence-corrected chi connectivity index (χ2v) is 9.46. The summed E-state index contributed by atoms with van der Waals surface area (Å²) in [5.74, 6) is -0.199. The van der Waals surface area contributed by atoms with Crippen molar-refractivity contribution in [2.75, 3.05) is 20.3 Å². The summed E-state index contributed by atoms with van der Waals surface area (Å²) in [6, 6.07) is 8.78. The molecular weight excluding hydrogens is 469 g/mol. The van der Waals surface area contributed by atoms with E-state index in [4.69, 9.17) is 18.9 Å². The van der Waals surface area contributed by atoms with Crippen LogP contribution in [0.1, 0.15) is 48.0 Å². The first-order valence-electron chi connectivity index (χ1n) is 11.6. The van der Waals surface area contributed by atoms with Gasteiger partial charge in [0.25, 0.3) is 0 Å². The van der Waals surface area contributed by atoms with Crippen LogP contribution in [0.25, 0.3) is 11.3 Å². The number of pyridine rings is 1. The number of ether oxygens (including phenoxy) is 4. The Kier molecular flexibility index (Phi) is 5.96. The second-order valence-electron chi connectivity index (χ2n) is 9.46. The van der Waals surface area contributed by atoms with Gasteiger partial charge in [-0.2, -0.15) is 0 Å².